The Morgan fingerprint density at radius 2 is 1.72 bits per heavy atom. The third-order valence-corrected chi connectivity index (χ3v) is 2.22. The summed E-state index contributed by atoms with van der Waals surface area (Å²) in [6.45, 7) is 5.13. The first-order valence-corrected chi connectivity index (χ1v) is 5.65. The molecule has 0 bridgehead atoms. The Kier molecular flexibility index (Phi) is 6.77. The van der Waals surface area contributed by atoms with Crippen molar-refractivity contribution in [1.82, 2.24) is 10.6 Å². The first-order valence-electron chi connectivity index (χ1n) is 5.65. The molecule has 0 saturated carbocycles. The van der Waals surface area contributed by atoms with Crippen LogP contribution in [0.1, 0.15) is 27.2 Å². The third kappa shape index (κ3) is 6.07. The molecule has 3 N–H and O–H groups in total. The fourth-order valence-electron chi connectivity index (χ4n) is 1.29. The van der Waals surface area contributed by atoms with E-state index in [2.05, 4.69) is 15.4 Å². The van der Waals surface area contributed by atoms with Crippen LogP contribution in [0.3, 0.4) is 0 Å². The molecule has 0 aromatic carbocycles. The average molecular weight is 260 g/mol. The minimum atomic E-state index is -1.15. The van der Waals surface area contributed by atoms with Crippen LogP contribution in [0.2, 0.25) is 0 Å². The number of amides is 2. The second kappa shape index (κ2) is 7.52. The van der Waals surface area contributed by atoms with Crippen molar-refractivity contribution >= 4 is 18.0 Å². The summed E-state index contributed by atoms with van der Waals surface area (Å²) >= 11 is 0. The maximum atomic E-state index is 11.5. The summed E-state index contributed by atoms with van der Waals surface area (Å²) in [5, 5.41) is 13.2. The molecule has 0 aliphatic rings. The van der Waals surface area contributed by atoms with Crippen LogP contribution in [0.5, 0.6) is 0 Å². The minimum Gasteiger partial charge on any atom is -0.480 e. The molecule has 7 nitrogen and oxygen atoms in total. The molecule has 0 radical (unpaired) electrons. The van der Waals surface area contributed by atoms with Gasteiger partial charge in [0.1, 0.15) is 12.1 Å². The molecule has 0 spiro atoms. The number of ether oxygens (including phenoxy) is 1. The molecule has 0 saturated heterocycles. The van der Waals surface area contributed by atoms with Gasteiger partial charge in [-0.2, -0.15) is 0 Å². The topological polar surface area (TPSA) is 105 Å². The lowest BCUT2D eigenvalue weighted by Gasteiger charge is -2.19. The van der Waals surface area contributed by atoms with Gasteiger partial charge in [-0.1, -0.05) is 13.8 Å². The van der Waals surface area contributed by atoms with Crippen molar-refractivity contribution in [2.75, 3.05) is 7.11 Å². The summed E-state index contributed by atoms with van der Waals surface area (Å²) < 4.78 is 4.57. The van der Waals surface area contributed by atoms with Gasteiger partial charge in [0.15, 0.2) is 0 Å². The van der Waals surface area contributed by atoms with E-state index in [4.69, 9.17) is 5.11 Å². The van der Waals surface area contributed by atoms with E-state index in [1.54, 1.807) is 0 Å². The highest BCUT2D eigenvalue weighted by Gasteiger charge is 2.23. The van der Waals surface area contributed by atoms with Crippen molar-refractivity contribution in [2.24, 2.45) is 5.92 Å². The smallest absolute Gasteiger partial charge is 0.328 e. The summed E-state index contributed by atoms with van der Waals surface area (Å²) in [7, 11) is 1.23. The summed E-state index contributed by atoms with van der Waals surface area (Å²) in [6, 6.07) is -2.51. The summed E-state index contributed by atoms with van der Waals surface area (Å²) in [5.74, 6) is -1.52. The molecule has 0 heterocycles. The molecule has 0 aromatic rings. The molecule has 2 atom stereocenters. The molecule has 0 aromatic heterocycles. The monoisotopic (exact) mass is 260 g/mol. The zero-order valence-electron chi connectivity index (χ0n) is 11.0. The van der Waals surface area contributed by atoms with Crippen LogP contribution in [-0.4, -0.2) is 42.3 Å². The van der Waals surface area contributed by atoms with Crippen LogP contribution in [0, 0.1) is 5.92 Å². The fraction of sp³-hybridized carbons (Fsp3) is 0.727. The zero-order chi connectivity index (χ0) is 14.3. The second-order valence-corrected chi connectivity index (χ2v) is 4.38. The quantitative estimate of drug-likeness (QED) is 0.597. The number of esters is 1. The highest BCUT2D eigenvalue weighted by molar-refractivity contribution is 5.86. The van der Waals surface area contributed by atoms with Crippen LogP contribution in [0.25, 0.3) is 0 Å². The lowest BCUT2D eigenvalue weighted by atomic mass is 10.0. The van der Waals surface area contributed by atoms with Gasteiger partial charge in [0.2, 0.25) is 0 Å². The molecule has 2 amide bonds. The van der Waals surface area contributed by atoms with Gasteiger partial charge in [-0.15, -0.1) is 0 Å². The second-order valence-electron chi connectivity index (χ2n) is 4.38. The Labute approximate surface area is 106 Å². The van der Waals surface area contributed by atoms with Crippen LogP contribution in [-0.2, 0) is 14.3 Å². The molecule has 2 unspecified atom stereocenters. The molecule has 0 fully saturated rings. The van der Waals surface area contributed by atoms with E-state index < -0.39 is 30.1 Å². The lowest BCUT2D eigenvalue weighted by Crippen LogP contribution is -2.50. The maximum Gasteiger partial charge on any atom is 0.328 e. The van der Waals surface area contributed by atoms with E-state index in [-0.39, 0.29) is 5.92 Å². The summed E-state index contributed by atoms with van der Waals surface area (Å²) in [5.41, 5.74) is 0. The maximum absolute atomic E-state index is 11.5. The molecule has 0 rings (SSSR count). The number of carboxylic acids is 1. The third-order valence-electron chi connectivity index (χ3n) is 2.22. The Morgan fingerprint density at radius 3 is 2.11 bits per heavy atom. The van der Waals surface area contributed by atoms with Crippen LogP contribution >= 0.6 is 0 Å². The van der Waals surface area contributed by atoms with Crippen molar-refractivity contribution in [3.8, 4) is 0 Å². The number of hydrogen-bond acceptors (Lipinski definition) is 4. The van der Waals surface area contributed by atoms with Crippen molar-refractivity contribution in [2.45, 2.75) is 39.3 Å². The molecule has 104 valence electrons. The van der Waals surface area contributed by atoms with E-state index >= 15 is 0 Å². The SMILES string of the molecule is COC(=O)C(CC(C)C)NC(=O)NC(C)C(=O)O. The van der Waals surface area contributed by atoms with E-state index in [0.717, 1.165) is 0 Å². The van der Waals surface area contributed by atoms with Gasteiger partial charge in [0.05, 0.1) is 7.11 Å². The van der Waals surface area contributed by atoms with Crippen LogP contribution in [0.15, 0.2) is 0 Å². The van der Waals surface area contributed by atoms with Crippen LogP contribution < -0.4 is 10.6 Å². The number of carbonyl (C=O) groups excluding carboxylic acids is 2. The Morgan fingerprint density at radius 1 is 1.17 bits per heavy atom. The van der Waals surface area contributed by atoms with E-state index in [1.165, 1.54) is 14.0 Å². The standard InChI is InChI=1S/C11H20N2O5/c1-6(2)5-8(10(16)18-4)13-11(17)12-7(3)9(14)15/h6-8H,5H2,1-4H3,(H,14,15)(H2,12,13,17). The molecule has 18 heavy (non-hydrogen) atoms. The van der Waals surface area contributed by atoms with Crippen molar-refractivity contribution in [3.63, 3.8) is 0 Å². The predicted octanol–water partition coefficient (Wildman–Crippen LogP) is 0.346. The van der Waals surface area contributed by atoms with Crippen LogP contribution in [0.4, 0.5) is 4.79 Å². The number of methoxy groups -OCH3 is 1. The highest BCUT2D eigenvalue weighted by atomic mass is 16.5. The molecule has 0 aliphatic heterocycles. The largest absolute Gasteiger partial charge is 0.480 e. The molecular formula is C11H20N2O5. The Balaban J connectivity index is 4.44. The first kappa shape index (κ1) is 16.2. The normalized spacial score (nSPS) is 13.6. The van der Waals surface area contributed by atoms with Gasteiger partial charge in [0, 0.05) is 0 Å². The number of nitrogens with one attached hydrogen (secondary N) is 2. The number of carbonyl (C=O) groups is 3. The lowest BCUT2D eigenvalue weighted by molar-refractivity contribution is -0.143. The highest BCUT2D eigenvalue weighted by Crippen LogP contribution is 2.06. The predicted molar refractivity (Wildman–Crippen MR) is 64.0 cm³/mol. The van der Waals surface area contributed by atoms with E-state index in [9.17, 15) is 14.4 Å². The van der Waals surface area contributed by atoms with Crippen molar-refractivity contribution < 1.29 is 24.2 Å². The number of carboxylic acid groups (broad SMARTS) is 1. The van der Waals surface area contributed by atoms with Gasteiger partial charge < -0.3 is 20.5 Å². The van der Waals surface area contributed by atoms with Gasteiger partial charge >= 0.3 is 18.0 Å². The number of rotatable bonds is 6. The zero-order valence-corrected chi connectivity index (χ0v) is 11.0. The summed E-state index contributed by atoms with van der Waals surface area (Å²) in [6.07, 6.45) is 0.418. The summed E-state index contributed by atoms with van der Waals surface area (Å²) in [4.78, 5) is 33.5. The first-order chi connectivity index (χ1) is 8.27. The van der Waals surface area contributed by atoms with Gasteiger partial charge in [-0.3, -0.25) is 4.79 Å². The minimum absolute atomic E-state index is 0.186. The van der Waals surface area contributed by atoms with Crippen molar-refractivity contribution in [3.05, 3.63) is 0 Å². The number of urea groups is 1. The van der Waals surface area contributed by atoms with Crippen molar-refractivity contribution in [1.29, 1.82) is 0 Å². The van der Waals surface area contributed by atoms with Gasteiger partial charge in [-0.05, 0) is 19.3 Å². The molecular weight excluding hydrogens is 240 g/mol. The molecule has 7 heteroatoms. The number of hydrogen-bond donors (Lipinski definition) is 3. The molecule has 0 aliphatic carbocycles. The Bertz CT molecular complexity index is 317. The van der Waals surface area contributed by atoms with E-state index in [0.29, 0.717) is 6.42 Å². The van der Waals surface area contributed by atoms with E-state index in [1.807, 2.05) is 13.8 Å². The fourth-order valence-corrected chi connectivity index (χ4v) is 1.29. The van der Waals surface area contributed by atoms with Gasteiger partial charge in [0.25, 0.3) is 0 Å². The number of aliphatic carboxylic acids is 1. The van der Waals surface area contributed by atoms with Gasteiger partial charge in [-0.25, -0.2) is 9.59 Å². The average Bonchev–Trinajstić information content (AvgIpc) is 2.26. The Hall–Kier alpha value is -1.79.